The first-order chi connectivity index (χ1) is 10.2. The predicted octanol–water partition coefficient (Wildman–Crippen LogP) is 3.87. The molecule has 5 heteroatoms. The van der Waals surface area contributed by atoms with Crippen LogP contribution in [0, 0.1) is 0 Å². The number of aliphatic hydroxyl groups is 2. The normalized spacial score (nSPS) is 12.2. The number of halogens is 2. The van der Waals surface area contributed by atoms with Gasteiger partial charge in [-0.15, -0.1) is 0 Å². The van der Waals surface area contributed by atoms with E-state index in [0.29, 0.717) is 16.5 Å². The summed E-state index contributed by atoms with van der Waals surface area (Å²) in [7, 11) is 0. The van der Waals surface area contributed by atoms with Gasteiger partial charge in [-0.05, 0) is 42.8 Å². The van der Waals surface area contributed by atoms with Crippen LogP contribution in [0.5, 0.6) is 0 Å². The highest BCUT2D eigenvalue weighted by Crippen LogP contribution is 2.32. The van der Waals surface area contributed by atoms with Crippen LogP contribution in [-0.2, 0) is 0 Å². The van der Waals surface area contributed by atoms with E-state index in [1.807, 2.05) is 41.3 Å². The number of nitrogens with zero attached hydrogens (tertiary/aromatic N) is 1. The zero-order valence-electron chi connectivity index (χ0n) is 11.4. The van der Waals surface area contributed by atoms with Crippen molar-refractivity contribution in [2.24, 2.45) is 0 Å². The zero-order valence-corrected chi connectivity index (χ0v) is 12.9. The molecular weight excluding hydrogens is 309 g/mol. The van der Waals surface area contributed by atoms with Crippen LogP contribution in [0.15, 0.2) is 48.5 Å². The van der Waals surface area contributed by atoms with E-state index in [4.69, 9.17) is 23.2 Å². The van der Waals surface area contributed by atoms with Crippen LogP contribution in [0.2, 0.25) is 10.0 Å². The molecule has 0 saturated carbocycles. The van der Waals surface area contributed by atoms with Gasteiger partial charge in [0.2, 0.25) is 0 Å². The summed E-state index contributed by atoms with van der Waals surface area (Å²) in [4.78, 5) is 1.94. The Morgan fingerprint density at radius 2 is 1.43 bits per heavy atom. The first kappa shape index (κ1) is 16.1. The number of hydrogen-bond donors (Lipinski definition) is 2. The third-order valence-corrected chi connectivity index (χ3v) is 3.68. The maximum absolute atomic E-state index is 9.67. The van der Waals surface area contributed by atoms with Crippen LogP contribution in [0.3, 0.4) is 0 Å². The van der Waals surface area contributed by atoms with Gasteiger partial charge >= 0.3 is 0 Å². The van der Waals surface area contributed by atoms with Crippen molar-refractivity contribution in [3.8, 4) is 0 Å². The molecule has 2 N–H and O–H groups in total. The molecule has 112 valence electrons. The summed E-state index contributed by atoms with van der Waals surface area (Å²) in [6.07, 6.45) is 0.440. The van der Waals surface area contributed by atoms with E-state index >= 15 is 0 Å². The lowest BCUT2D eigenvalue weighted by Gasteiger charge is -2.32. The molecule has 0 radical (unpaired) electrons. The van der Waals surface area contributed by atoms with Crippen LogP contribution in [-0.4, -0.2) is 29.5 Å². The number of aliphatic hydroxyl groups excluding tert-OH is 2. The second kappa shape index (κ2) is 7.66. The third-order valence-electron chi connectivity index (χ3n) is 3.21. The molecule has 0 bridgehead atoms. The molecule has 0 aliphatic heterocycles. The molecule has 0 aliphatic carbocycles. The lowest BCUT2D eigenvalue weighted by Crippen LogP contribution is -2.35. The minimum atomic E-state index is -0.257. The molecule has 2 rings (SSSR count). The largest absolute Gasteiger partial charge is 0.396 e. The summed E-state index contributed by atoms with van der Waals surface area (Å²) in [6.45, 7) is -0.0948. The van der Waals surface area contributed by atoms with E-state index < -0.39 is 0 Å². The predicted molar refractivity (Wildman–Crippen MR) is 87.6 cm³/mol. The summed E-state index contributed by atoms with van der Waals surface area (Å²) < 4.78 is 0. The highest BCUT2D eigenvalue weighted by Gasteiger charge is 2.20. The van der Waals surface area contributed by atoms with Crippen molar-refractivity contribution < 1.29 is 10.2 Å². The van der Waals surface area contributed by atoms with E-state index in [0.717, 1.165) is 11.4 Å². The first-order valence-corrected chi connectivity index (χ1v) is 7.43. The van der Waals surface area contributed by atoms with E-state index in [9.17, 15) is 10.2 Å². The Labute approximate surface area is 134 Å². The Hall–Kier alpha value is -1.26. The van der Waals surface area contributed by atoms with Gasteiger partial charge in [-0.25, -0.2) is 0 Å². The second-order valence-corrected chi connectivity index (χ2v) is 5.55. The van der Waals surface area contributed by atoms with Crippen molar-refractivity contribution in [1.82, 2.24) is 0 Å². The maximum Gasteiger partial charge on any atom is 0.0640 e. The molecule has 0 fully saturated rings. The molecule has 0 saturated heterocycles. The van der Waals surface area contributed by atoms with Gasteiger partial charge in [0.25, 0.3) is 0 Å². The fourth-order valence-corrected chi connectivity index (χ4v) is 2.64. The Morgan fingerprint density at radius 1 is 0.905 bits per heavy atom. The molecule has 1 unspecified atom stereocenters. The molecular formula is C16H17Cl2NO2. The van der Waals surface area contributed by atoms with Crippen LogP contribution in [0.1, 0.15) is 6.42 Å². The highest BCUT2D eigenvalue weighted by molar-refractivity contribution is 6.31. The van der Waals surface area contributed by atoms with E-state index in [-0.39, 0.29) is 19.3 Å². The SMILES string of the molecule is OCCC(CO)N(c1cccc(Cl)c1)c1cccc(Cl)c1. The molecule has 0 spiro atoms. The third kappa shape index (κ3) is 4.11. The van der Waals surface area contributed by atoms with Gasteiger partial charge in [-0.2, -0.15) is 0 Å². The monoisotopic (exact) mass is 325 g/mol. The average molecular weight is 326 g/mol. The molecule has 0 amide bonds. The Bertz CT molecular complexity index is 546. The molecule has 0 heterocycles. The van der Waals surface area contributed by atoms with Crippen molar-refractivity contribution in [2.75, 3.05) is 18.1 Å². The Kier molecular flexibility index (Phi) is 5.88. The molecule has 1 atom stereocenters. The Morgan fingerprint density at radius 3 is 1.81 bits per heavy atom. The average Bonchev–Trinajstić information content (AvgIpc) is 2.47. The number of anilines is 2. The number of benzene rings is 2. The number of hydrogen-bond acceptors (Lipinski definition) is 3. The molecule has 21 heavy (non-hydrogen) atoms. The van der Waals surface area contributed by atoms with Gasteiger partial charge in [0.1, 0.15) is 0 Å². The van der Waals surface area contributed by atoms with Gasteiger partial charge in [-0.1, -0.05) is 35.3 Å². The van der Waals surface area contributed by atoms with Crippen LogP contribution >= 0.6 is 23.2 Å². The second-order valence-electron chi connectivity index (χ2n) is 4.68. The number of rotatable bonds is 6. The van der Waals surface area contributed by atoms with Gasteiger partial charge in [0.05, 0.1) is 12.6 Å². The molecule has 3 nitrogen and oxygen atoms in total. The van der Waals surface area contributed by atoms with Crippen molar-refractivity contribution in [1.29, 1.82) is 0 Å². The quantitative estimate of drug-likeness (QED) is 0.847. The summed E-state index contributed by atoms with van der Waals surface area (Å²) in [5.74, 6) is 0. The fraction of sp³-hybridized carbons (Fsp3) is 0.250. The minimum Gasteiger partial charge on any atom is -0.396 e. The van der Waals surface area contributed by atoms with Crippen molar-refractivity contribution in [2.45, 2.75) is 12.5 Å². The first-order valence-electron chi connectivity index (χ1n) is 6.68. The van der Waals surface area contributed by atoms with Crippen molar-refractivity contribution in [3.05, 3.63) is 58.6 Å². The minimum absolute atomic E-state index is 0.0111. The zero-order chi connectivity index (χ0) is 15.2. The highest BCUT2D eigenvalue weighted by atomic mass is 35.5. The van der Waals surface area contributed by atoms with Crippen LogP contribution < -0.4 is 4.90 Å². The van der Waals surface area contributed by atoms with Crippen LogP contribution in [0.25, 0.3) is 0 Å². The van der Waals surface area contributed by atoms with Crippen LogP contribution in [0.4, 0.5) is 11.4 Å². The lowest BCUT2D eigenvalue weighted by atomic mass is 10.1. The smallest absolute Gasteiger partial charge is 0.0640 e. The summed E-state index contributed by atoms with van der Waals surface area (Å²) in [6, 6.07) is 14.5. The van der Waals surface area contributed by atoms with Gasteiger partial charge in [-0.3, -0.25) is 0 Å². The van der Waals surface area contributed by atoms with E-state index in [2.05, 4.69) is 0 Å². The van der Waals surface area contributed by atoms with Crippen molar-refractivity contribution in [3.63, 3.8) is 0 Å². The Balaban J connectivity index is 2.48. The molecule has 2 aromatic rings. The van der Waals surface area contributed by atoms with E-state index in [1.165, 1.54) is 0 Å². The lowest BCUT2D eigenvalue weighted by molar-refractivity contribution is 0.220. The van der Waals surface area contributed by atoms with E-state index in [1.54, 1.807) is 12.1 Å². The molecule has 0 aromatic heterocycles. The summed E-state index contributed by atoms with van der Waals surface area (Å²) >= 11 is 12.1. The topological polar surface area (TPSA) is 43.7 Å². The van der Waals surface area contributed by atoms with Gasteiger partial charge in [0, 0.05) is 28.0 Å². The standard InChI is InChI=1S/C16H17Cl2NO2/c17-12-3-1-5-14(9-12)19(16(11-21)7-8-20)15-6-2-4-13(18)10-15/h1-6,9-10,16,20-21H,7-8,11H2. The maximum atomic E-state index is 9.67. The van der Waals surface area contributed by atoms with Gasteiger partial charge < -0.3 is 15.1 Å². The van der Waals surface area contributed by atoms with Crippen molar-refractivity contribution >= 4 is 34.6 Å². The molecule has 0 aliphatic rings. The fourth-order valence-electron chi connectivity index (χ4n) is 2.27. The summed E-state index contributed by atoms with van der Waals surface area (Å²) in [5.41, 5.74) is 1.69. The van der Waals surface area contributed by atoms with Gasteiger partial charge in [0.15, 0.2) is 0 Å². The summed E-state index contributed by atoms with van der Waals surface area (Å²) in [5, 5.41) is 20.1. The molecule has 2 aromatic carbocycles.